The predicted molar refractivity (Wildman–Crippen MR) is 38.5 cm³/mol. The Balaban J connectivity index is 2.41. The van der Waals surface area contributed by atoms with Gasteiger partial charge in [-0.25, -0.2) is 0 Å². The Morgan fingerprint density at radius 2 is 2.33 bits per heavy atom. The summed E-state index contributed by atoms with van der Waals surface area (Å²) in [6.07, 6.45) is 1.18. The van der Waals surface area contributed by atoms with Crippen molar-refractivity contribution in [2.45, 2.75) is 25.8 Å². The van der Waals surface area contributed by atoms with E-state index >= 15 is 0 Å². The first-order chi connectivity index (χ1) is 4.25. The van der Waals surface area contributed by atoms with Gasteiger partial charge in [0.1, 0.15) is 5.56 Å². The predicted octanol–water partition coefficient (Wildman–Crippen LogP) is 2.24. The molecule has 1 nitrogen and oxygen atoms in total. The van der Waals surface area contributed by atoms with Crippen LogP contribution in [0.5, 0.6) is 0 Å². The van der Waals surface area contributed by atoms with E-state index in [2.05, 4.69) is 13.8 Å². The second-order valence-corrected chi connectivity index (χ2v) is 3.14. The Bertz CT molecular complexity index is 94.9. The van der Waals surface area contributed by atoms with E-state index in [1.54, 1.807) is 0 Å². The van der Waals surface area contributed by atoms with Gasteiger partial charge in [-0.1, -0.05) is 31.9 Å². The van der Waals surface area contributed by atoms with E-state index in [1.807, 2.05) is 0 Å². The number of hydrogen-bond acceptors (Lipinski definition) is 1. The minimum Gasteiger partial charge on any atom is -0.362 e. The molecule has 54 valence electrons. The molecule has 0 saturated carbocycles. The highest BCUT2D eigenvalue weighted by molar-refractivity contribution is 6.20. The fraction of sp³-hybridized carbons (Fsp3) is 1.00. The van der Waals surface area contributed by atoms with Gasteiger partial charge in [0, 0.05) is 5.92 Å². The standard InChI is InChI=1S/C7H13ClO/c1-3-6-4-9-7(8)5(6)2/h5-7H,3-4H2,1-2H3. The normalized spacial score (nSPS) is 43.7. The van der Waals surface area contributed by atoms with Gasteiger partial charge in [-0.15, -0.1) is 0 Å². The fourth-order valence-corrected chi connectivity index (χ4v) is 1.50. The lowest BCUT2D eigenvalue weighted by Crippen LogP contribution is -2.10. The van der Waals surface area contributed by atoms with Gasteiger partial charge in [-0.05, 0) is 5.92 Å². The second-order valence-electron chi connectivity index (χ2n) is 2.71. The molecule has 0 N–H and O–H groups in total. The molecule has 1 heterocycles. The molecule has 0 aliphatic carbocycles. The topological polar surface area (TPSA) is 9.23 Å². The van der Waals surface area contributed by atoms with Gasteiger partial charge in [-0.3, -0.25) is 0 Å². The molecule has 9 heavy (non-hydrogen) atoms. The molecular formula is C7H13ClO. The molecule has 0 aromatic rings. The van der Waals surface area contributed by atoms with Crippen LogP contribution in [0.4, 0.5) is 0 Å². The Labute approximate surface area is 61.3 Å². The fourth-order valence-electron chi connectivity index (χ4n) is 1.22. The van der Waals surface area contributed by atoms with Gasteiger partial charge >= 0.3 is 0 Å². The van der Waals surface area contributed by atoms with E-state index in [-0.39, 0.29) is 5.56 Å². The number of alkyl halides is 1. The molecule has 2 heteroatoms. The van der Waals surface area contributed by atoms with Crippen LogP contribution in [0.25, 0.3) is 0 Å². The van der Waals surface area contributed by atoms with Crippen LogP contribution in [0.2, 0.25) is 0 Å². The van der Waals surface area contributed by atoms with Crippen LogP contribution in [-0.4, -0.2) is 12.2 Å². The summed E-state index contributed by atoms with van der Waals surface area (Å²) < 4.78 is 5.23. The Kier molecular flexibility index (Phi) is 2.36. The molecule has 3 unspecified atom stereocenters. The third-order valence-corrected chi connectivity index (χ3v) is 2.67. The molecule has 1 aliphatic rings. The molecule has 1 aliphatic heterocycles. The van der Waals surface area contributed by atoms with Crippen molar-refractivity contribution < 1.29 is 4.74 Å². The quantitative estimate of drug-likeness (QED) is 0.519. The van der Waals surface area contributed by atoms with Crippen molar-refractivity contribution in [3.63, 3.8) is 0 Å². The average molecular weight is 149 g/mol. The maximum absolute atomic E-state index is 5.81. The van der Waals surface area contributed by atoms with E-state index in [1.165, 1.54) is 6.42 Å². The largest absolute Gasteiger partial charge is 0.362 e. The second kappa shape index (κ2) is 2.89. The first kappa shape index (κ1) is 7.36. The third-order valence-electron chi connectivity index (χ3n) is 2.15. The summed E-state index contributed by atoms with van der Waals surface area (Å²) in [6, 6.07) is 0. The molecule has 1 rings (SSSR count). The van der Waals surface area contributed by atoms with Gasteiger partial charge in [0.25, 0.3) is 0 Å². The van der Waals surface area contributed by atoms with E-state index in [0.29, 0.717) is 11.8 Å². The van der Waals surface area contributed by atoms with Crippen LogP contribution < -0.4 is 0 Å². The molecule has 0 aromatic heterocycles. The highest BCUT2D eigenvalue weighted by Crippen LogP contribution is 2.30. The number of halogens is 1. The van der Waals surface area contributed by atoms with Gasteiger partial charge in [0.2, 0.25) is 0 Å². The average Bonchev–Trinajstić information content (AvgIpc) is 2.15. The molecule has 0 bridgehead atoms. The Morgan fingerprint density at radius 3 is 2.56 bits per heavy atom. The lowest BCUT2D eigenvalue weighted by atomic mass is 9.96. The number of ether oxygens (including phenoxy) is 1. The van der Waals surface area contributed by atoms with Gasteiger partial charge in [0.05, 0.1) is 6.61 Å². The monoisotopic (exact) mass is 148 g/mol. The number of hydrogen-bond donors (Lipinski definition) is 0. The molecule has 3 atom stereocenters. The van der Waals surface area contributed by atoms with Crippen LogP contribution in [0, 0.1) is 11.8 Å². The highest BCUT2D eigenvalue weighted by atomic mass is 35.5. The minimum absolute atomic E-state index is 0.0325. The van der Waals surface area contributed by atoms with Crippen molar-refractivity contribution in [3.8, 4) is 0 Å². The van der Waals surface area contributed by atoms with Gasteiger partial charge in [-0.2, -0.15) is 0 Å². The summed E-state index contributed by atoms with van der Waals surface area (Å²) in [7, 11) is 0. The van der Waals surface area contributed by atoms with Crippen LogP contribution in [0.3, 0.4) is 0 Å². The van der Waals surface area contributed by atoms with Crippen LogP contribution in [0.15, 0.2) is 0 Å². The smallest absolute Gasteiger partial charge is 0.134 e. The van der Waals surface area contributed by atoms with Crippen molar-refractivity contribution >= 4 is 11.6 Å². The molecular weight excluding hydrogens is 136 g/mol. The van der Waals surface area contributed by atoms with Crippen LogP contribution in [-0.2, 0) is 4.74 Å². The zero-order valence-electron chi connectivity index (χ0n) is 5.93. The SMILES string of the molecule is CCC1COC(Cl)C1C. The molecule has 1 saturated heterocycles. The van der Waals surface area contributed by atoms with Crippen molar-refractivity contribution in [3.05, 3.63) is 0 Å². The Morgan fingerprint density at radius 1 is 1.67 bits per heavy atom. The summed E-state index contributed by atoms with van der Waals surface area (Å²) in [5.74, 6) is 1.23. The first-order valence-electron chi connectivity index (χ1n) is 3.51. The maximum atomic E-state index is 5.81. The first-order valence-corrected chi connectivity index (χ1v) is 3.95. The Hall–Kier alpha value is 0.250. The highest BCUT2D eigenvalue weighted by Gasteiger charge is 2.30. The summed E-state index contributed by atoms with van der Waals surface area (Å²) in [5, 5.41) is 0. The molecule has 0 amide bonds. The van der Waals surface area contributed by atoms with Gasteiger partial charge < -0.3 is 4.74 Å². The minimum atomic E-state index is -0.0325. The summed E-state index contributed by atoms with van der Waals surface area (Å²) >= 11 is 5.81. The van der Waals surface area contributed by atoms with Crippen molar-refractivity contribution in [2.75, 3.05) is 6.61 Å². The van der Waals surface area contributed by atoms with Crippen molar-refractivity contribution in [2.24, 2.45) is 11.8 Å². The summed E-state index contributed by atoms with van der Waals surface area (Å²) in [4.78, 5) is 0. The van der Waals surface area contributed by atoms with E-state index in [0.717, 1.165) is 6.61 Å². The van der Waals surface area contributed by atoms with E-state index in [9.17, 15) is 0 Å². The third kappa shape index (κ3) is 1.39. The van der Waals surface area contributed by atoms with Crippen molar-refractivity contribution in [1.29, 1.82) is 0 Å². The summed E-state index contributed by atoms with van der Waals surface area (Å²) in [6.45, 7) is 5.18. The van der Waals surface area contributed by atoms with Crippen LogP contribution in [0.1, 0.15) is 20.3 Å². The van der Waals surface area contributed by atoms with Crippen LogP contribution >= 0.6 is 11.6 Å². The summed E-state index contributed by atoms with van der Waals surface area (Å²) in [5.41, 5.74) is -0.0325. The molecule has 0 aromatic carbocycles. The van der Waals surface area contributed by atoms with E-state index in [4.69, 9.17) is 16.3 Å². The van der Waals surface area contributed by atoms with Gasteiger partial charge in [0.15, 0.2) is 0 Å². The lowest BCUT2D eigenvalue weighted by molar-refractivity contribution is 0.152. The molecule has 0 radical (unpaired) electrons. The zero-order valence-corrected chi connectivity index (χ0v) is 6.69. The number of rotatable bonds is 1. The molecule has 0 spiro atoms. The van der Waals surface area contributed by atoms with Crippen molar-refractivity contribution in [1.82, 2.24) is 0 Å². The zero-order chi connectivity index (χ0) is 6.85. The van der Waals surface area contributed by atoms with E-state index < -0.39 is 0 Å². The lowest BCUT2D eigenvalue weighted by Gasteiger charge is -2.10. The maximum Gasteiger partial charge on any atom is 0.134 e. The molecule has 1 fully saturated rings.